The molecular weight excluding hydrogens is 365 g/mol. The molecule has 3 rings (SSSR count). The maximum Gasteiger partial charge on any atom is 0.433 e. The molecule has 2 aromatic rings. The van der Waals surface area contributed by atoms with Crippen LogP contribution in [0.1, 0.15) is 23.4 Å². The minimum atomic E-state index is -4.49. The van der Waals surface area contributed by atoms with Crippen molar-refractivity contribution < 1.29 is 18.0 Å². The Kier molecular flexibility index (Phi) is 5.75. The van der Waals surface area contributed by atoms with E-state index < -0.39 is 11.9 Å². The lowest BCUT2D eigenvalue weighted by Crippen LogP contribution is -2.41. The molecule has 1 fully saturated rings. The molecule has 1 aliphatic rings. The Bertz CT molecular complexity index is 728. The molecule has 0 radical (unpaired) electrons. The number of carbonyl (C=O) groups is 1. The number of nitrogens with one attached hydrogen (secondary N) is 1. The van der Waals surface area contributed by atoms with Crippen molar-refractivity contribution in [1.29, 1.82) is 0 Å². The third-order valence-corrected chi connectivity index (χ3v) is 5.27. The van der Waals surface area contributed by atoms with Crippen LogP contribution < -0.4 is 10.2 Å². The molecule has 9 heteroatoms. The fourth-order valence-electron chi connectivity index (χ4n) is 2.91. The van der Waals surface area contributed by atoms with Gasteiger partial charge in [0.2, 0.25) is 11.9 Å². The summed E-state index contributed by atoms with van der Waals surface area (Å²) in [4.78, 5) is 22.7. The Morgan fingerprint density at radius 1 is 1.31 bits per heavy atom. The van der Waals surface area contributed by atoms with Gasteiger partial charge in [-0.05, 0) is 36.8 Å². The van der Waals surface area contributed by atoms with Crippen LogP contribution in [0.4, 0.5) is 19.1 Å². The quantitative estimate of drug-likeness (QED) is 0.861. The zero-order valence-electron chi connectivity index (χ0n) is 14.0. The molecule has 5 nitrogen and oxygen atoms in total. The number of alkyl halides is 3. The van der Waals surface area contributed by atoms with E-state index in [1.165, 1.54) is 4.88 Å². The van der Waals surface area contributed by atoms with Gasteiger partial charge < -0.3 is 10.2 Å². The highest BCUT2D eigenvalue weighted by molar-refractivity contribution is 7.09. The first kappa shape index (κ1) is 18.6. The van der Waals surface area contributed by atoms with E-state index in [9.17, 15) is 18.0 Å². The highest BCUT2D eigenvalue weighted by Crippen LogP contribution is 2.29. The van der Waals surface area contributed by atoms with Crippen molar-refractivity contribution in [2.24, 2.45) is 5.92 Å². The number of piperidine rings is 1. The molecule has 0 spiro atoms. The van der Waals surface area contributed by atoms with E-state index in [0.717, 1.165) is 18.7 Å². The van der Waals surface area contributed by atoms with Gasteiger partial charge in [-0.15, -0.1) is 11.3 Å². The minimum Gasteiger partial charge on any atom is -0.355 e. The summed E-state index contributed by atoms with van der Waals surface area (Å²) in [7, 11) is 0. The number of hydrogen-bond donors (Lipinski definition) is 1. The van der Waals surface area contributed by atoms with Crippen molar-refractivity contribution >= 4 is 23.2 Å². The summed E-state index contributed by atoms with van der Waals surface area (Å²) in [6, 6.07) is 4.87. The predicted molar refractivity (Wildman–Crippen MR) is 93.0 cm³/mol. The molecule has 0 aliphatic carbocycles. The van der Waals surface area contributed by atoms with Gasteiger partial charge in [-0.2, -0.15) is 13.2 Å². The van der Waals surface area contributed by atoms with Crippen LogP contribution in [0.2, 0.25) is 0 Å². The van der Waals surface area contributed by atoms with Gasteiger partial charge in [0, 0.05) is 36.6 Å². The van der Waals surface area contributed by atoms with Gasteiger partial charge >= 0.3 is 6.18 Å². The second-order valence-electron chi connectivity index (χ2n) is 6.12. The summed E-state index contributed by atoms with van der Waals surface area (Å²) in [5.41, 5.74) is -0.948. The van der Waals surface area contributed by atoms with Gasteiger partial charge in [0.15, 0.2) is 0 Å². The average Bonchev–Trinajstić information content (AvgIpc) is 3.15. The van der Waals surface area contributed by atoms with E-state index >= 15 is 0 Å². The van der Waals surface area contributed by atoms with Crippen molar-refractivity contribution in [3.8, 4) is 0 Å². The van der Waals surface area contributed by atoms with Crippen molar-refractivity contribution in [3.05, 3.63) is 40.3 Å². The van der Waals surface area contributed by atoms with Crippen molar-refractivity contribution in [1.82, 2.24) is 15.3 Å². The average molecular weight is 384 g/mol. The molecule has 1 N–H and O–H groups in total. The number of aromatic nitrogens is 2. The molecule has 0 unspecified atom stereocenters. The van der Waals surface area contributed by atoms with Crippen molar-refractivity contribution in [2.45, 2.75) is 25.4 Å². The third kappa shape index (κ3) is 4.72. The number of amides is 1. The van der Waals surface area contributed by atoms with Crippen LogP contribution in [0.25, 0.3) is 0 Å². The predicted octanol–water partition coefficient (Wildman–Crippen LogP) is 3.13. The maximum absolute atomic E-state index is 12.8. The van der Waals surface area contributed by atoms with E-state index in [2.05, 4.69) is 15.3 Å². The monoisotopic (exact) mass is 384 g/mol. The van der Waals surface area contributed by atoms with Crippen molar-refractivity contribution in [3.63, 3.8) is 0 Å². The van der Waals surface area contributed by atoms with E-state index in [1.807, 2.05) is 17.5 Å². The molecule has 140 valence electrons. The molecule has 26 heavy (non-hydrogen) atoms. The topological polar surface area (TPSA) is 58.1 Å². The van der Waals surface area contributed by atoms with E-state index in [0.29, 0.717) is 32.5 Å². The summed E-state index contributed by atoms with van der Waals surface area (Å²) in [6.45, 7) is 1.52. The Hall–Kier alpha value is -2.16. The van der Waals surface area contributed by atoms with Crippen LogP contribution in [0.15, 0.2) is 29.8 Å². The first-order chi connectivity index (χ1) is 12.4. The largest absolute Gasteiger partial charge is 0.433 e. The SMILES string of the molecule is O=C(NCCc1cccs1)C1CCN(c2nccc(C(F)(F)F)n2)CC1. The maximum atomic E-state index is 12.8. The molecule has 1 aliphatic heterocycles. The van der Waals surface area contributed by atoms with Crippen LogP contribution in [-0.2, 0) is 17.4 Å². The molecule has 0 aromatic carbocycles. The highest BCUT2D eigenvalue weighted by atomic mass is 32.1. The van der Waals surface area contributed by atoms with Gasteiger partial charge in [-0.1, -0.05) is 6.07 Å². The number of rotatable bonds is 5. The molecule has 1 saturated heterocycles. The number of halogens is 3. The van der Waals surface area contributed by atoms with Gasteiger partial charge in [-0.25, -0.2) is 9.97 Å². The third-order valence-electron chi connectivity index (χ3n) is 4.33. The summed E-state index contributed by atoms with van der Waals surface area (Å²) in [5.74, 6) is -0.0528. The summed E-state index contributed by atoms with van der Waals surface area (Å²) in [6.07, 6.45) is -1.41. The smallest absolute Gasteiger partial charge is 0.355 e. The van der Waals surface area contributed by atoms with Crippen molar-refractivity contribution in [2.75, 3.05) is 24.5 Å². The first-order valence-electron chi connectivity index (χ1n) is 8.39. The summed E-state index contributed by atoms with van der Waals surface area (Å²) < 4.78 is 38.3. The van der Waals surface area contributed by atoms with E-state index in [1.54, 1.807) is 16.2 Å². The number of carbonyl (C=O) groups excluding carboxylic acids is 1. The molecule has 3 heterocycles. The number of nitrogens with zero attached hydrogens (tertiary/aromatic N) is 3. The van der Waals surface area contributed by atoms with Crippen LogP contribution in [0, 0.1) is 5.92 Å². The normalized spacial score (nSPS) is 15.9. The molecule has 0 bridgehead atoms. The van der Waals surface area contributed by atoms with Crippen LogP contribution >= 0.6 is 11.3 Å². The molecule has 0 atom stereocenters. The molecule has 2 aromatic heterocycles. The van der Waals surface area contributed by atoms with Gasteiger partial charge in [0.05, 0.1) is 0 Å². The molecule has 1 amide bonds. The fourth-order valence-corrected chi connectivity index (χ4v) is 3.62. The van der Waals surface area contributed by atoms with Gasteiger partial charge in [0.25, 0.3) is 0 Å². The van der Waals surface area contributed by atoms with Gasteiger partial charge in [-0.3, -0.25) is 4.79 Å². The van der Waals surface area contributed by atoms with E-state index in [4.69, 9.17) is 0 Å². The zero-order valence-corrected chi connectivity index (χ0v) is 14.8. The number of hydrogen-bond acceptors (Lipinski definition) is 5. The highest BCUT2D eigenvalue weighted by Gasteiger charge is 2.34. The molecule has 0 saturated carbocycles. The minimum absolute atomic E-state index is 0.00571. The number of thiophene rings is 1. The summed E-state index contributed by atoms with van der Waals surface area (Å²) in [5, 5.41) is 4.95. The Morgan fingerprint density at radius 3 is 2.73 bits per heavy atom. The Balaban J connectivity index is 1.48. The second kappa shape index (κ2) is 8.03. The number of anilines is 1. The Morgan fingerprint density at radius 2 is 2.08 bits per heavy atom. The van der Waals surface area contributed by atoms with Crippen LogP contribution in [0.5, 0.6) is 0 Å². The lowest BCUT2D eigenvalue weighted by molar-refractivity contribution is -0.141. The van der Waals surface area contributed by atoms with E-state index in [-0.39, 0.29) is 17.8 Å². The molecular formula is C17H19F3N4OS. The van der Waals surface area contributed by atoms with Gasteiger partial charge in [0.1, 0.15) is 5.69 Å². The van der Waals surface area contributed by atoms with Crippen LogP contribution in [0.3, 0.4) is 0 Å². The lowest BCUT2D eigenvalue weighted by atomic mass is 9.96. The lowest BCUT2D eigenvalue weighted by Gasteiger charge is -2.31. The standard InChI is InChI=1S/C17H19F3N4OS/c18-17(19,20)14-4-8-22-16(23-14)24-9-5-12(6-10-24)15(25)21-7-3-13-2-1-11-26-13/h1-2,4,8,11-12H,3,5-7,9-10H2,(H,21,25). The second-order valence-corrected chi connectivity index (χ2v) is 7.15. The Labute approximate surface area is 153 Å². The first-order valence-corrected chi connectivity index (χ1v) is 9.27. The van der Waals surface area contributed by atoms with Crippen LogP contribution in [-0.4, -0.2) is 35.5 Å². The summed E-state index contributed by atoms with van der Waals surface area (Å²) >= 11 is 1.66. The zero-order chi connectivity index (χ0) is 18.6. The fraction of sp³-hybridized carbons (Fsp3) is 0.471.